The van der Waals surface area contributed by atoms with Crippen molar-refractivity contribution in [3.8, 4) is 0 Å². The average molecular weight is 349 g/mol. The fourth-order valence-electron chi connectivity index (χ4n) is 2.36. The van der Waals surface area contributed by atoms with Gasteiger partial charge in [-0.05, 0) is 19.1 Å². The molecule has 7 heteroatoms. The molecule has 0 heterocycles. The number of anilines is 1. The first-order valence-corrected chi connectivity index (χ1v) is 7.87. The van der Waals surface area contributed by atoms with E-state index in [0.29, 0.717) is 10.7 Å². The van der Waals surface area contributed by atoms with Gasteiger partial charge >= 0.3 is 0 Å². The molecule has 0 aromatic heterocycles. The standard InChI is InChI=1S/C17H18ClN3O3/c1-12(13-6-5-7-14(10-13)21(23)24)20(2)11-17(22)19-16-9-4-3-8-15(16)18/h3-10,12H,11H2,1-2H3,(H,19,22)/p+1/t12-/m0/s1. The summed E-state index contributed by atoms with van der Waals surface area (Å²) in [4.78, 5) is 23.6. The predicted octanol–water partition coefficient (Wildman–Crippen LogP) is 2.46. The Balaban J connectivity index is 2.02. The molecule has 0 saturated heterocycles. The van der Waals surface area contributed by atoms with E-state index in [2.05, 4.69) is 5.32 Å². The lowest BCUT2D eigenvalue weighted by Crippen LogP contribution is -3.10. The van der Waals surface area contributed by atoms with Crippen molar-refractivity contribution in [3.63, 3.8) is 0 Å². The van der Waals surface area contributed by atoms with E-state index in [1.807, 2.05) is 20.0 Å². The third kappa shape index (κ3) is 4.53. The van der Waals surface area contributed by atoms with Crippen LogP contribution in [0.15, 0.2) is 48.5 Å². The van der Waals surface area contributed by atoms with Gasteiger partial charge in [-0.3, -0.25) is 14.9 Å². The van der Waals surface area contributed by atoms with Crippen LogP contribution in [0.5, 0.6) is 0 Å². The van der Waals surface area contributed by atoms with Crippen LogP contribution in [0.2, 0.25) is 5.02 Å². The van der Waals surface area contributed by atoms with E-state index < -0.39 is 4.92 Å². The van der Waals surface area contributed by atoms with E-state index in [1.54, 1.807) is 36.4 Å². The first-order chi connectivity index (χ1) is 11.4. The summed E-state index contributed by atoms with van der Waals surface area (Å²) in [5.74, 6) is -0.169. The van der Waals surface area contributed by atoms with Gasteiger partial charge in [0.1, 0.15) is 6.04 Å². The molecule has 2 atom stereocenters. The number of nitro groups is 1. The van der Waals surface area contributed by atoms with Crippen LogP contribution in [0.25, 0.3) is 0 Å². The van der Waals surface area contributed by atoms with Crippen molar-refractivity contribution in [1.29, 1.82) is 0 Å². The minimum absolute atomic E-state index is 0.0488. The van der Waals surface area contributed by atoms with Gasteiger partial charge < -0.3 is 10.2 Å². The van der Waals surface area contributed by atoms with E-state index in [0.717, 1.165) is 10.5 Å². The number of nitrogens with one attached hydrogen (secondary N) is 2. The van der Waals surface area contributed by atoms with Gasteiger partial charge in [-0.15, -0.1) is 0 Å². The molecule has 1 unspecified atom stereocenters. The quantitative estimate of drug-likeness (QED) is 0.622. The summed E-state index contributed by atoms with van der Waals surface area (Å²) >= 11 is 6.03. The van der Waals surface area contributed by atoms with E-state index in [9.17, 15) is 14.9 Å². The number of non-ortho nitro benzene ring substituents is 1. The third-order valence-electron chi connectivity index (χ3n) is 3.91. The van der Waals surface area contributed by atoms with Crippen molar-refractivity contribution in [3.05, 3.63) is 69.2 Å². The predicted molar refractivity (Wildman–Crippen MR) is 93.3 cm³/mol. The van der Waals surface area contributed by atoms with Crippen LogP contribution >= 0.6 is 11.6 Å². The lowest BCUT2D eigenvalue weighted by Gasteiger charge is -2.21. The molecule has 0 spiro atoms. The van der Waals surface area contributed by atoms with Crippen molar-refractivity contribution in [2.75, 3.05) is 18.9 Å². The number of likely N-dealkylation sites (N-methyl/N-ethyl adjacent to an activating group) is 1. The number of carbonyl (C=O) groups excluding carboxylic acids is 1. The molecular formula is C17H19ClN3O3+. The zero-order chi connectivity index (χ0) is 17.7. The van der Waals surface area contributed by atoms with Gasteiger partial charge in [0.15, 0.2) is 6.54 Å². The molecule has 0 fully saturated rings. The molecule has 24 heavy (non-hydrogen) atoms. The van der Waals surface area contributed by atoms with Crippen molar-refractivity contribution in [2.45, 2.75) is 13.0 Å². The Kier molecular flexibility index (Phi) is 5.89. The lowest BCUT2D eigenvalue weighted by molar-refractivity contribution is -0.902. The number of rotatable bonds is 6. The summed E-state index contributed by atoms with van der Waals surface area (Å²) < 4.78 is 0. The van der Waals surface area contributed by atoms with Gasteiger partial charge in [0.25, 0.3) is 11.6 Å². The molecule has 1 amide bonds. The Bertz CT molecular complexity index is 751. The fourth-order valence-corrected chi connectivity index (χ4v) is 2.54. The summed E-state index contributed by atoms with van der Waals surface area (Å²) in [5, 5.41) is 14.1. The number of benzene rings is 2. The van der Waals surface area contributed by atoms with Crippen LogP contribution < -0.4 is 10.2 Å². The van der Waals surface area contributed by atoms with E-state index >= 15 is 0 Å². The summed E-state index contributed by atoms with van der Waals surface area (Å²) in [6.45, 7) is 2.15. The zero-order valence-electron chi connectivity index (χ0n) is 13.5. The minimum Gasteiger partial charge on any atom is -0.324 e. The molecule has 6 nitrogen and oxygen atoms in total. The largest absolute Gasteiger partial charge is 0.324 e. The smallest absolute Gasteiger partial charge is 0.279 e. The number of carbonyl (C=O) groups is 1. The number of quaternary nitrogens is 1. The van der Waals surface area contributed by atoms with Crippen molar-refractivity contribution in [2.24, 2.45) is 0 Å². The molecule has 0 bridgehead atoms. The highest BCUT2D eigenvalue weighted by Gasteiger charge is 2.20. The topological polar surface area (TPSA) is 76.7 Å². The van der Waals surface area contributed by atoms with Gasteiger partial charge in [0.05, 0.1) is 22.7 Å². The molecule has 126 valence electrons. The average Bonchev–Trinajstić information content (AvgIpc) is 2.56. The molecule has 2 aromatic rings. The van der Waals surface area contributed by atoms with Crippen molar-refractivity contribution < 1.29 is 14.6 Å². The summed E-state index contributed by atoms with van der Waals surface area (Å²) in [6.07, 6.45) is 0. The highest BCUT2D eigenvalue weighted by atomic mass is 35.5. The number of para-hydroxylation sites is 1. The van der Waals surface area contributed by atoms with Gasteiger partial charge in [-0.1, -0.05) is 35.9 Å². The minimum atomic E-state index is -0.421. The Morgan fingerprint density at radius 2 is 2.00 bits per heavy atom. The molecule has 0 aliphatic carbocycles. The second-order valence-electron chi connectivity index (χ2n) is 5.62. The van der Waals surface area contributed by atoms with Gasteiger partial charge in [0.2, 0.25) is 0 Å². The first kappa shape index (κ1) is 17.9. The second-order valence-corrected chi connectivity index (χ2v) is 6.03. The Hall–Kier alpha value is -2.44. The number of nitro benzene ring substituents is 1. The van der Waals surface area contributed by atoms with Crippen LogP contribution in [0, 0.1) is 10.1 Å². The monoisotopic (exact) mass is 348 g/mol. The first-order valence-electron chi connectivity index (χ1n) is 7.49. The number of nitrogens with zero attached hydrogens (tertiary/aromatic N) is 1. The van der Waals surface area contributed by atoms with Crippen molar-refractivity contribution >= 4 is 28.9 Å². The van der Waals surface area contributed by atoms with E-state index in [-0.39, 0.29) is 24.2 Å². The highest BCUT2D eigenvalue weighted by Crippen LogP contribution is 2.20. The normalized spacial score (nSPS) is 13.1. The Morgan fingerprint density at radius 3 is 2.67 bits per heavy atom. The van der Waals surface area contributed by atoms with Crippen LogP contribution in [-0.2, 0) is 4.79 Å². The maximum Gasteiger partial charge on any atom is 0.279 e. The van der Waals surface area contributed by atoms with Gasteiger partial charge in [0, 0.05) is 17.7 Å². The third-order valence-corrected chi connectivity index (χ3v) is 4.24. The number of halogens is 1. The number of hydrogen-bond donors (Lipinski definition) is 2. The summed E-state index contributed by atoms with van der Waals surface area (Å²) in [6, 6.07) is 13.4. The molecule has 2 aromatic carbocycles. The molecular weight excluding hydrogens is 330 g/mol. The molecule has 0 radical (unpaired) electrons. The Labute approximate surface area is 145 Å². The van der Waals surface area contributed by atoms with Crippen LogP contribution in [0.4, 0.5) is 11.4 Å². The van der Waals surface area contributed by atoms with E-state index in [1.165, 1.54) is 6.07 Å². The van der Waals surface area contributed by atoms with Crippen LogP contribution in [0.1, 0.15) is 18.5 Å². The highest BCUT2D eigenvalue weighted by molar-refractivity contribution is 6.33. The van der Waals surface area contributed by atoms with Crippen molar-refractivity contribution in [1.82, 2.24) is 0 Å². The fraction of sp³-hybridized carbons (Fsp3) is 0.235. The zero-order valence-corrected chi connectivity index (χ0v) is 14.2. The van der Waals surface area contributed by atoms with Crippen LogP contribution in [0.3, 0.4) is 0 Å². The maximum atomic E-state index is 12.2. The molecule has 0 aliphatic heterocycles. The molecule has 2 rings (SSSR count). The van der Waals surface area contributed by atoms with Gasteiger partial charge in [-0.25, -0.2) is 0 Å². The summed E-state index contributed by atoms with van der Waals surface area (Å²) in [7, 11) is 1.87. The maximum absolute atomic E-state index is 12.2. The van der Waals surface area contributed by atoms with Gasteiger partial charge in [-0.2, -0.15) is 0 Å². The number of amides is 1. The van der Waals surface area contributed by atoms with E-state index in [4.69, 9.17) is 11.6 Å². The molecule has 0 aliphatic rings. The summed E-state index contributed by atoms with van der Waals surface area (Å²) in [5.41, 5.74) is 1.43. The molecule has 0 saturated carbocycles. The second kappa shape index (κ2) is 7.90. The van der Waals surface area contributed by atoms with Crippen LogP contribution in [-0.4, -0.2) is 24.4 Å². The lowest BCUT2D eigenvalue weighted by atomic mass is 10.1. The SMILES string of the molecule is C[C@@H](c1cccc([N+](=O)[O-])c1)[NH+](C)CC(=O)Nc1ccccc1Cl. The Morgan fingerprint density at radius 1 is 1.29 bits per heavy atom. The molecule has 2 N–H and O–H groups in total. The number of hydrogen-bond acceptors (Lipinski definition) is 3.